The van der Waals surface area contributed by atoms with Gasteiger partial charge in [-0.2, -0.15) is 0 Å². The van der Waals surface area contributed by atoms with Crippen molar-refractivity contribution >= 4 is 0 Å². The Kier molecular flexibility index (Phi) is 5.15. The van der Waals surface area contributed by atoms with Crippen molar-refractivity contribution in [3.63, 3.8) is 0 Å². The first-order valence-corrected chi connectivity index (χ1v) is 5.31. The molecule has 1 rings (SSSR count). The molecule has 3 nitrogen and oxygen atoms in total. The maximum atomic E-state index is 8.63. The molecule has 3 heteroatoms. The first-order chi connectivity index (χ1) is 7.27. The molecule has 0 atom stereocenters. The number of hydrogen-bond acceptors (Lipinski definition) is 3. The molecule has 0 bridgehead atoms. The zero-order valence-electron chi connectivity index (χ0n) is 9.42. The smallest absolute Gasteiger partial charge is 0.122 e. The molecule has 0 heterocycles. The van der Waals surface area contributed by atoms with Gasteiger partial charge in [-0.1, -0.05) is 12.1 Å². The first kappa shape index (κ1) is 12.0. The third-order valence-corrected chi connectivity index (χ3v) is 2.16. The highest BCUT2D eigenvalue weighted by Crippen LogP contribution is 2.18. The van der Waals surface area contributed by atoms with E-state index in [-0.39, 0.29) is 6.61 Å². The van der Waals surface area contributed by atoms with Crippen molar-refractivity contribution in [2.24, 2.45) is 0 Å². The molecule has 0 fully saturated rings. The summed E-state index contributed by atoms with van der Waals surface area (Å²) in [5.74, 6) is 0.948. The van der Waals surface area contributed by atoms with Gasteiger partial charge in [-0.15, -0.1) is 0 Å². The molecule has 1 aromatic carbocycles. The van der Waals surface area contributed by atoms with Crippen LogP contribution in [0.1, 0.15) is 18.1 Å². The van der Waals surface area contributed by atoms with E-state index in [4.69, 9.17) is 9.84 Å². The van der Waals surface area contributed by atoms with Crippen LogP contribution in [0.25, 0.3) is 0 Å². The lowest BCUT2D eigenvalue weighted by atomic mass is 10.1. The fourth-order valence-corrected chi connectivity index (χ4v) is 1.45. The van der Waals surface area contributed by atoms with E-state index in [1.54, 1.807) is 0 Å². The summed E-state index contributed by atoms with van der Waals surface area (Å²) < 4.78 is 5.46. The number of aryl methyl sites for hydroxylation is 1. The predicted molar refractivity (Wildman–Crippen MR) is 61.1 cm³/mol. The Labute approximate surface area is 91.1 Å². The standard InChI is InChI=1S/C12H19NO2/c1-3-15-12-5-4-11(8-10(12)2)9-13-6-7-14/h4-5,8,13-14H,3,6-7,9H2,1-2H3. The fourth-order valence-electron chi connectivity index (χ4n) is 1.45. The number of aliphatic hydroxyl groups is 1. The summed E-state index contributed by atoms with van der Waals surface area (Å²) in [5, 5.41) is 11.8. The van der Waals surface area contributed by atoms with E-state index in [1.807, 2.05) is 26.0 Å². The molecular weight excluding hydrogens is 190 g/mol. The highest BCUT2D eigenvalue weighted by molar-refractivity contribution is 5.36. The van der Waals surface area contributed by atoms with Crippen LogP contribution < -0.4 is 10.1 Å². The molecule has 0 spiro atoms. The third kappa shape index (κ3) is 3.90. The molecule has 0 unspecified atom stereocenters. The van der Waals surface area contributed by atoms with Crippen molar-refractivity contribution in [1.82, 2.24) is 5.32 Å². The van der Waals surface area contributed by atoms with Gasteiger partial charge in [0.05, 0.1) is 13.2 Å². The van der Waals surface area contributed by atoms with Crippen LogP contribution in [0.4, 0.5) is 0 Å². The minimum atomic E-state index is 0.177. The minimum Gasteiger partial charge on any atom is -0.494 e. The minimum absolute atomic E-state index is 0.177. The summed E-state index contributed by atoms with van der Waals surface area (Å²) in [6.45, 7) is 6.32. The van der Waals surface area contributed by atoms with Crippen LogP contribution in [0.3, 0.4) is 0 Å². The average Bonchev–Trinajstić information content (AvgIpc) is 2.23. The predicted octanol–water partition coefficient (Wildman–Crippen LogP) is 1.48. The number of hydrogen-bond donors (Lipinski definition) is 2. The number of aliphatic hydroxyl groups excluding tert-OH is 1. The Hall–Kier alpha value is -1.06. The Morgan fingerprint density at radius 2 is 2.20 bits per heavy atom. The van der Waals surface area contributed by atoms with Gasteiger partial charge < -0.3 is 15.2 Å². The molecule has 0 aliphatic carbocycles. The number of rotatable bonds is 6. The SMILES string of the molecule is CCOc1ccc(CNCCO)cc1C. The van der Waals surface area contributed by atoms with Gasteiger partial charge in [0.15, 0.2) is 0 Å². The zero-order valence-corrected chi connectivity index (χ0v) is 9.42. The van der Waals surface area contributed by atoms with Crippen LogP contribution in [-0.4, -0.2) is 24.9 Å². The lowest BCUT2D eigenvalue weighted by Gasteiger charge is -2.09. The van der Waals surface area contributed by atoms with Crippen molar-refractivity contribution in [2.45, 2.75) is 20.4 Å². The molecule has 0 aliphatic rings. The second-order valence-electron chi connectivity index (χ2n) is 3.43. The van der Waals surface area contributed by atoms with E-state index >= 15 is 0 Å². The molecule has 2 N–H and O–H groups in total. The summed E-state index contributed by atoms with van der Waals surface area (Å²) in [4.78, 5) is 0. The molecule has 15 heavy (non-hydrogen) atoms. The van der Waals surface area contributed by atoms with Crippen molar-refractivity contribution in [1.29, 1.82) is 0 Å². The van der Waals surface area contributed by atoms with Crippen LogP contribution in [0.2, 0.25) is 0 Å². The van der Waals surface area contributed by atoms with Crippen LogP contribution in [0.15, 0.2) is 18.2 Å². The first-order valence-electron chi connectivity index (χ1n) is 5.31. The van der Waals surface area contributed by atoms with Crippen molar-refractivity contribution in [3.05, 3.63) is 29.3 Å². The molecule has 0 saturated heterocycles. The molecule has 0 amide bonds. The summed E-state index contributed by atoms with van der Waals surface area (Å²) in [7, 11) is 0. The second kappa shape index (κ2) is 6.43. The Balaban J connectivity index is 2.56. The van der Waals surface area contributed by atoms with Gasteiger partial charge in [0.2, 0.25) is 0 Å². The highest BCUT2D eigenvalue weighted by atomic mass is 16.5. The van der Waals surface area contributed by atoms with Crippen molar-refractivity contribution in [2.75, 3.05) is 19.8 Å². The highest BCUT2D eigenvalue weighted by Gasteiger charge is 2.00. The molecule has 0 aliphatic heterocycles. The van der Waals surface area contributed by atoms with Crippen LogP contribution in [-0.2, 0) is 6.54 Å². The lowest BCUT2D eigenvalue weighted by molar-refractivity contribution is 0.292. The maximum absolute atomic E-state index is 8.63. The zero-order chi connectivity index (χ0) is 11.1. The number of benzene rings is 1. The molecule has 84 valence electrons. The van der Waals surface area contributed by atoms with E-state index in [0.717, 1.165) is 17.9 Å². The monoisotopic (exact) mass is 209 g/mol. The largest absolute Gasteiger partial charge is 0.494 e. The summed E-state index contributed by atoms with van der Waals surface area (Å²) >= 11 is 0. The molecule has 0 aromatic heterocycles. The Morgan fingerprint density at radius 3 is 2.80 bits per heavy atom. The number of ether oxygens (including phenoxy) is 1. The Morgan fingerprint density at radius 1 is 1.40 bits per heavy atom. The topological polar surface area (TPSA) is 41.5 Å². The van der Waals surface area contributed by atoms with Gasteiger partial charge >= 0.3 is 0 Å². The van der Waals surface area contributed by atoms with Gasteiger partial charge in [0.1, 0.15) is 5.75 Å². The van der Waals surface area contributed by atoms with E-state index in [9.17, 15) is 0 Å². The molecule has 1 aromatic rings. The van der Waals surface area contributed by atoms with Crippen LogP contribution >= 0.6 is 0 Å². The second-order valence-corrected chi connectivity index (χ2v) is 3.43. The molecule has 0 saturated carbocycles. The van der Waals surface area contributed by atoms with Gasteiger partial charge in [-0.05, 0) is 31.0 Å². The fraction of sp³-hybridized carbons (Fsp3) is 0.500. The van der Waals surface area contributed by atoms with Crippen molar-refractivity contribution in [3.8, 4) is 5.75 Å². The summed E-state index contributed by atoms with van der Waals surface area (Å²) in [6, 6.07) is 6.15. The van der Waals surface area contributed by atoms with Gasteiger partial charge in [-0.3, -0.25) is 0 Å². The van der Waals surface area contributed by atoms with Gasteiger partial charge in [0, 0.05) is 13.1 Å². The normalized spacial score (nSPS) is 10.3. The maximum Gasteiger partial charge on any atom is 0.122 e. The van der Waals surface area contributed by atoms with E-state index in [2.05, 4.69) is 11.4 Å². The van der Waals surface area contributed by atoms with E-state index in [1.165, 1.54) is 5.56 Å². The van der Waals surface area contributed by atoms with Gasteiger partial charge in [-0.25, -0.2) is 0 Å². The Bertz CT molecular complexity index is 300. The van der Waals surface area contributed by atoms with Gasteiger partial charge in [0.25, 0.3) is 0 Å². The van der Waals surface area contributed by atoms with Crippen LogP contribution in [0.5, 0.6) is 5.75 Å². The quantitative estimate of drug-likeness (QED) is 0.697. The summed E-state index contributed by atoms with van der Waals surface area (Å²) in [5.41, 5.74) is 2.37. The van der Waals surface area contributed by atoms with E-state index in [0.29, 0.717) is 13.2 Å². The van der Waals surface area contributed by atoms with Crippen LogP contribution in [0, 0.1) is 6.92 Å². The molecule has 0 radical (unpaired) electrons. The molecular formula is C12H19NO2. The number of nitrogens with one attached hydrogen (secondary N) is 1. The lowest BCUT2D eigenvalue weighted by Crippen LogP contribution is -2.17. The van der Waals surface area contributed by atoms with Crippen molar-refractivity contribution < 1.29 is 9.84 Å². The van der Waals surface area contributed by atoms with E-state index < -0.39 is 0 Å². The third-order valence-electron chi connectivity index (χ3n) is 2.16. The average molecular weight is 209 g/mol. The summed E-state index contributed by atoms with van der Waals surface area (Å²) in [6.07, 6.45) is 0.